The van der Waals surface area contributed by atoms with Crippen LogP contribution in [-0.4, -0.2) is 61.8 Å². The Balaban J connectivity index is 1.81. The summed E-state index contributed by atoms with van der Waals surface area (Å²) in [6.45, 7) is 0.141. The minimum atomic E-state index is -4.11. The molecule has 1 amide bonds. The molecule has 2 aromatic carbocycles. The summed E-state index contributed by atoms with van der Waals surface area (Å²) in [5.41, 5.74) is 0.813. The van der Waals surface area contributed by atoms with Gasteiger partial charge in [0.15, 0.2) is 0 Å². The van der Waals surface area contributed by atoms with Crippen LogP contribution in [0.5, 0.6) is 0 Å². The first kappa shape index (κ1) is 26.1. The summed E-state index contributed by atoms with van der Waals surface area (Å²) in [6.07, 6.45) is 2.10. The van der Waals surface area contributed by atoms with Crippen molar-refractivity contribution in [2.24, 2.45) is 0 Å². The van der Waals surface area contributed by atoms with Gasteiger partial charge in [0.05, 0.1) is 35.8 Å². The van der Waals surface area contributed by atoms with Crippen LogP contribution >= 0.6 is 0 Å². The van der Waals surface area contributed by atoms with E-state index in [1.165, 1.54) is 13.4 Å². The van der Waals surface area contributed by atoms with Gasteiger partial charge in [-0.3, -0.25) is 14.9 Å². The fraction of sp³-hybridized carbons (Fsp3) is 0.292. The van der Waals surface area contributed by atoms with Crippen LogP contribution in [0.15, 0.2) is 82.3 Å². The zero-order chi connectivity index (χ0) is 25.3. The summed E-state index contributed by atoms with van der Waals surface area (Å²) in [7, 11) is -2.68. The van der Waals surface area contributed by atoms with Crippen LogP contribution in [0.3, 0.4) is 0 Å². The molecule has 0 saturated carbocycles. The third kappa shape index (κ3) is 7.22. The SMILES string of the molecule is COCCN(CC(=O)N(CCc1ccccc1)Cc1ccco1)S(=O)(=O)c1ccc([N+](=O)[O-])cc1. The van der Waals surface area contributed by atoms with Crippen LogP contribution in [0.2, 0.25) is 0 Å². The number of nitrogens with zero attached hydrogens (tertiary/aromatic N) is 3. The molecule has 3 rings (SSSR count). The predicted octanol–water partition coefficient (Wildman–Crippen LogP) is 3.10. The molecule has 0 unspecified atom stereocenters. The average molecular weight is 502 g/mol. The van der Waals surface area contributed by atoms with Crippen molar-refractivity contribution >= 4 is 21.6 Å². The number of benzene rings is 2. The number of hydrogen-bond donors (Lipinski definition) is 0. The van der Waals surface area contributed by atoms with Crippen molar-refractivity contribution < 1.29 is 27.3 Å². The molecule has 0 saturated heterocycles. The van der Waals surface area contributed by atoms with E-state index in [4.69, 9.17) is 9.15 Å². The molecular formula is C24H27N3O7S. The number of nitro benzene ring substituents is 1. The molecule has 0 atom stereocenters. The highest BCUT2D eigenvalue weighted by atomic mass is 32.2. The van der Waals surface area contributed by atoms with Gasteiger partial charge in [0.1, 0.15) is 5.76 Å². The Morgan fingerprint density at radius 1 is 1.03 bits per heavy atom. The minimum Gasteiger partial charge on any atom is -0.467 e. The standard InChI is InChI=1S/C24H27N3O7S/c1-33-17-15-26(35(31,32)23-11-9-21(10-12-23)27(29)30)19-24(28)25(18-22-8-5-16-34-22)14-13-20-6-3-2-4-7-20/h2-12,16H,13-15,17-19H2,1H3. The largest absolute Gasteiger partial charge is 0.467 e. The highest BCUT2D eigenvalue weighted by molar-refractivity contribution is 7.89. The second-order valence-corrected chi connectivity index (χ2v) is 9.65. The van der Waals surface area contributed by atoms with Crippen molar-refractivity contribution in [3.63, 3.8) is 0 Å². The quantitative estimate of drug-likeness (QED) is 0.260. The van der Waals surface area contributed by atoms with E-state index in [2.05, 4.69) is 0 Å². The first-order chi connectivity index (χ1) is 16.8. The molecule has 3 aromatic rings. The van der Waals surface area contributed by atoms with Crippen LogP contribution in [-0.2, 0) is 32.5 Å². The normalized spacial score (nSPS) is 11.5. The third-order valence-corrected chi connectivity index (χ3v) is 7.19. The van der Waals surface area contributed by atoms with E-state index in [0.717, 1.165) is 34.1 Å². The summed E-state index contributed by atoms with van der Waals surface area (Å²) in [5.74, 6) is 0.173. The fourth-order valence-corrected chi connectivity index (χ4v) is 4.78. The topological polar surface area (TPSA) is 123 Å². The van der Waals surface area contributed by atoms with Crippen molar-refractivity contribution in [3.05, 3.63) is 94.4 Å². The number of ether oxygens (including phenoxy) is 1. The molecule has 0 aliphatic heterocycles. The molecule has 35 heavy (non-hydrogen) atoms. The number of hydrogen-bond acceptors (Lipinski definition) is 7. The van der Waals surface area contributed by atoms with Gasteiger partial charge >= 0.3 is 0 Å². The van der Waals surface area contributed by atoms with E-state index in [0.29, 0.717) is 18.7 Å². The summed E-state index contributed by atoms with van der Waals surface area (Å²) >= 11 is 0. The van der Waals surface area contributed by atoms with Crippen molar-refractivity contribution in [2.45, 2.75) is 17.9 Å². The zero-order valence-electron chi connectivity index (χ0n) is 19.3. The van der Waals surface area contributed by atoms with Gasteiger partial charge in [0, 0.05) is 32.3 Å². The maximum absolute atomic E-state index is 13.3. The molecule has 0 bridgehead atoms. The first-order valence-corrected chi connectivity index (χ1v) is 12.3. The highest BCUT2D eigenvalue weighted by Crippen LogP contribution is 2.20. The Kier molecular flexibility index (Phi) is 9.12. The fourth-order valence-electron chi connectivity index (χ4n) is 3.41. The lowest BCUT2D eigenvalue weighted by molar-refractivity contribution is -0.384. The van der Waals surface area contributed by atoms with E-state index in [-0.39, 0.29) is 30.3 Å². The number of methoxy groups -OCH3 is 1. The van der Waals surface area contributed by atoms with E-state index < -0.39 is 27.4 Å². The molecule has 0 N–H and O–H groups in total. The molecule has 0 aliphatic rings. The van der Waals surface area contributed by atoms with Gasteiger partial charge in [-0.05, 0) is 36.2 Å². The molecular weight excluding hydrogens is 474 g/mol. The maximum atomic E-state index is 13.3. The number of carbonyl (C=O) groups excluding carboxylic acids is 1. The summed E-state index contributed by atoms with van der Waals surface area (Å²) in [5, 5.41) is 10.9. The van der Waals surface area contributed by atoms with E-state index in [1.54, 1.807) is 17.0 Å². The highest BCUT2D eigenvalue weighted by Gasteiger charge is 2.29. The Bertz CT molecular complexity index is 1200. The number of amides is 1. The van der Waals surface area contributed by atoms with Crippen LogP contribution in [0.1, 0.15) is 11.3 Å². The maximum Gasteiger partial charge on any atom is 0.269 e. The molecule has 1 aromatic heterocycles. The van der Waals surface area contributed by atoms with Gasteiger partial charge in [-0.2, -0.15) is 4.31 Å². The third-order valence-electron chi connectivity index (χ3n) is 5.33. The number of non-ortho nitro benzene ring substituents is 1. The molecule has 0 fully saturated rings. The summed E-state index contributed by atoms with van der Waals surface area (Å²) in [4.78, 5) is 25.1. The van der Waals surface area contributed by atoms with Gasteiger partial charge in [0.25, 0.3) is 5.69 Å². The van der Waals surface area contributed by atoms with Gasteiger partial charge in [-0.25, -0.2) is 8.42 Å². The van der Waals surface area contributed by atoms with Gasteiger partial charge in [-0.1, -0.05) is 30.3 Å². The van der Waals surface area contributed by atoms with Gasteiger partial charge in [-0.15, -0.1) is 0 Å². The first-order valence-electron chi connectivity index (χ1n) is 10.9. The molecule has 10 nitrogen and oxygen atoms in total. The molecule has 0 radical (unpaired) electrons. The molecule has 0 aliphatic carbocycles. The van der Waals surface area contributed by atoms with Crippen LogP contribution in [0.4, 0.5) is 5.69 Å². The van der Waals surface area contributed by atoms with Crippen molar-refractivity contribution in [1.82, 2.24) is 9.21 Å². The number of nitro groups is 1. The number of furan rings is 1. The van der Waals surface area contributed by atoms with Gasteiger partial charge < -0.3 is 14.1 Å². The monoisotopic (exact) mass is 501 g/mol. The second kappa shape index (κ2) is 12.2. The van der Waals surface area contributed by atoms with E-state index >= 15 is 0 Å². The molecule has 11 heteroatoms. The number of sulfonamides is 1. The zero-order valence-corrected chi connectivity index (χ0v) is 20.1. The van der Waals surface area contributed by atoms with Gasteiger partial charge in [0.2, 0.25) is 15.9 Å². The minimum absolute atomic E-state index is 0.0607. The summed E-state index contributed by atoms with van der Waals surface area (Å²) < 4.78 is 38.0. The van der Waals surface area contributed by atoms with Crippen LogP contribution in [0, 0.1) is 10.1 Å². The lowest BCUT2D eigenvalue weighted by Crippen LogP contribution is -2.44. The Hall–Kier alpha value is -3.54. The Morgan fingerprint density at radius 2 is 1.74 bits per heavy atom. The average Bonchev–Trinajstić information content (AvgIpc) is 3.38. The number of rotatable bonds is 13. The number of carbonyl (C=O) groups is 1. The smallest absolute Gasteiger partial charge is 0.269 e. The second-order valence-electron chi connectivity index (χ2n) is 7.71. The Morgan fingerprint density at radius 3 is 2.34 bits per heavy atom. The Labute approximate surface area is 203 Å². The van der Waals surface area contributed by atoms with Crippen molar-refractivity contribution in [3.8, 4) is 0 Å². The van der Waals surface area contributed by atoms with Crippen LogP contribution < -0.4 is 0 Å². The molecule has 186 valence electrons. The molecule has 1 heterocycles. The van der Waals surface area contributed by atoms with E-state index in [1.807, 2.05) is 30.3 Å². The van der Waals surface area contributed by atoms with Crippen LogP contribution in [0.25, 0.3) is 0 Å². The predicted molar refractivity (Wildman–Crippen MR) is 128 cm³/mol. The molecule has 0 spiro atoms. The van der Waals surface area contributed by atoms with Crippen molar-refractivity contribution in [1.29, 1.82) is 0 Å². The lowest BCUT2D eigenvalue weighted by Gasteiger charge is -2.27. The van der Waals surface area contributed by atoms with Crippen molar-refractivity contribution in [2.75, 3.05) is 33.4 Å². The lowest BCUT2D eigenvalue weighted by atomic mass is 10.1. The van der Waals surface area contributed by atoms with E-state index in [9.17, 15) is 23.3 Å². The summed E-state index contributed by atoms with van der Waals surface area (Å²) in [6, 6.07) is 17.7.